The van der Waals surface area contributed by atoms with Gasteiger partial charge in [0.05, 0.1) is 13.5 Å². The quantitative estimate of drug-likeness (QED) is 0.680. The molecule has 0 saturated heterocycles. The standard InChI is InChI=1S/C9H13N3O3/c1-3-10-9-11-5-6(8(14)12-9)4-7(13)15-2/h5H,3-4H2,1-2H3,(H2,10,11,12,14). The van der Waals surface area contributed by atoms with Gasteiger partial charge in [0, 0.05) is 18.3 Å². The van der Waals surface area contributed by atoms with Gasteiger partial charge in [-0.2, -0.15) is 0 Å². The number of aromatic nitrogens is 2. The highest BCUT2D eigenvalue weighted by Gasteiger charge is 2.07. The van der Waals surface area contributed by atoms with E-state index in [1.165, 1.54) is 13.3 Å². The van der Waals surface area contributed by atoms with Gasteiger partial charge in [0.1, 0.15) is 0 Å². The molecule has 0 spiro atoms. The number of nitrogens with zero attached hydrogens (tertiary/aromatic N) is 1. The van der Waals surface area contributed by atoms with Crippen LogP contribution in [0, 0.1) is 0 Å². The number of carbonyl (C=O) groups excluding carboxylic acids is 1. The van der Waals surface area contributed by atoms with Crippen LogP contribution in [0.4, 0.5) is 5.95 Å². The zero-order valence-corrected chi connectivity index (χ0v) is 8.66. The summed E-state index contributed by atoms with van der Waals surface area (Å²) in [5, 5.41) is 2.86. The van der Waals surface area contributed by atoms with Gasteiger partial charge in [-0.25, -0.2) is 4.98 Å². The highest BCUT2D eigenvalue weighted by molar-refractivity contribution is 5.72. The van der Waals surface area contributed by atoms with Gasteiger partial charge < -0.3 is 10.1 Å². The third-order valence-electron chi connectivity index (χ3n) is 1.78. The summed E-state index contributed by atoms with van der Waals surface area (Å²) in [6, 6.07) is 0. The lowest BCUT2D eigenvalue weighted by Crippen LogP contribution is -2.19. The number of hydrogen-bond acceptors (Lipinski definition) is 5. The molecule has 82 valence electrons. The molecule has 1 aromatic rings. The molecule has 6 nitrogen and oxygen atoms in total. The Morgan fingerprint density at radius 3 is 2.93 bits per heavy atom. The summed E-state index contributed by atoms with van der Waals surface area (Å²) in [4.78, 5) is 28.8. The number of nitrogens with one attached hydrogen (secondary N) is 2. The molecule has 0 aliphatic heterocycles. The number of methoxy groups -OCH3 is 1. The van der Waals surface area contributed by atoms with E-state index in [9.17, 15) is 9.59 Å². The van der Waals surface area contributed by atoms with Gasteiger partial charge in [-0.1, -0.05) is 0 Å². The van der Waals surface area contributed by atoms with Crippen LogP contribution in [-0.4, -0.2) is 29.6 Å². The van der Waals surface area contributed by atoms with Crippen LogP contribution in [0.3, 0.4) is 0 Å². The molecule has 1 aromatic heterocycles. The average molecular weight is 211 g/mol. The number of H-pyrrole nitrogens is 1. The molecule has 0 atom stereocenters. The molecular formula is C9H13N3O3. The minimum absolute atomic E-state index is 0.0642. The second-order valence-corrected chi connectivity index (χ2v) is 2.87. The number of esters is 1. The molecular weight excluding hydrogens is 198 g/mol. The lowest BCUT2D eigenvalue weighted by molar-refractivity contribution is -0.139. The van der Waals surface area contributed by atoms with Crippen LogP contribution in [-0.2, 0) is 16.0 Å². The largest absolute Gasteiger partial charge is 0.469 e. The minimum Gasteiger partial charge on any atom is -0.469 e. The van der Waals surface area contributed by atoms with Crippen LogP contribution in [0.1, 0.15) is 12.5 Å². The van der Waals surface area contributed by atoms with Gasteiger partial charge in [-0.05, 0) is 6.92 Å². The van der Waals surface area contributed by atoms with Gasteiger partial charge in [0.25, 0.3) is 5.56 Å². The van der Waals surface area contributed by atoms with Crippen molar-refractivity contribution in [1.82, 2.24) is 9.97 Å². The Hall–Kier alpha value is -1.85. The van der Waals surface area contributed by atoms with E-state index in [0.29, 0.717) is 18.1 Å². The molecule has 2 N–H and O–H groups in total. The normalized spacial score (nSPS) is 9.73. The molecule has 0 aliphatic rings. The number of ether oxygens (including phenoxy) is 1. The van der Waals surface area contributed by atoms with Crippen LogP contribution in [0.5, 0.6) is 0 Å². The van der Waals surface area contributed by atoms with Crippen molar-refractivity contribution >= 4 is 11.9 Å². The van der Waals surface area contributed by atoms with Crippen LogP contribution in [0.25, 0.3) is 0 Å². The third-order valence-corrected chi connectivity index (χ3v) is 1.78. The van der Waals surface area contributed by atoms with E-state index < -0.39 is 5.97 Å². The maximum absolute atomic E-state index is 11.4. The monoisotopic (exact) mass is 211 g/mol. The maximum Gasteiger partial charge on any atom is 0.310 e. The van der Waals surface area contributed by atoms with Crippen molar-refractivity contribution in [1.29, 1.82) is 0 Å². The first kappa shape index (κ1) is 11.2. The van der Waals surface area contributed by atoms with E-state index >= 15 is 0 Å². The predicted molar refractivity (Wildman–Crippen MR) is 54.7 cm³/mol. The predicted octanol–water partition coefficient (Wildman–Crippen LogP) is -0.0828. The molecule has 6 heteroatoms. The number of aromatic amines is 1. The fraction of sp³-hybridized carbons (Fsp3) is 0.444. The Morgan fingerprint density at radius 2 is 2.40 bits per heavy atom. The fourth-order valence-corrected chi connectivity index (χ4v) is 1.03. The Labute approximate surface area is 86.7 Å². The van der Waals surface area contributed by atoms with E-state index in [1.54, 1.807) is 0 Å². The Kier molecular flexibility index (Phi) is 3.84. The lowest BCUT2D eigenvalue weighted by Gasteiger charge is -2.02. The second kappa shape index (κ2) is 5.14. The summed E-state index contributed by atoms with van der Waals surface area (Å²) >= 11 is 0. The maximum atomic E-state index is 11.4. The summed E-state index contributed by atoms with van der Waals surface area (Å²) in [6.07, 6.45) is 1.30. The van der Waals surface area contributed by atoms with Crippen molar-refractivity contribution in [2.75, 3.05) is 19.0 Å². The van der Waals surface area contributed by atoms with Crippen LogP contribution in [0.15, 0.2) is 11.0 Å². The first-order valence-electron chi connectivity index (χ1n) is 4.56. The zero-order chi connectivity index (χ0) is 11.3. The van der Waals surface area contributed by atoms with Crippen molar-refractivity contribution in [2.45, 2.75) is 13.3 Å². The lowest BCUT2D eigenvalue weighted by atomic mass is 10.2. The second-order valence-electron chi connectivity index (χ2n) is 2.87. The first-order chi connectivity index (χ1) is 7.17. The zero-order valence-electron chi connectivity index (χ0n) is 8.66. The SMILES string of the molecule is CCNc1ncc(CC(=O)OC)c(=O)[nH]1. The first-order valence-corrected chi connectivity index (χ1v) is 4.56. The molecule has 15 heavy (non-hydrogen) atoms. The summed E-state index contributed by atoms with van der Waals surface area (Å²) in [7, 11) is 1.27. The van der Waals surface area contributed by atoms with E-state index in [4.69, 9.17) is 0 Å². The van der Waals surface area contributed by atoms with E-state index in [0.717, 1.165) is 0 Å². The van der Waals surface area contributed by atoms with Gasteiger partial charge in [-0.3, -0.25) is 14.6 Å². The number of hydrogen-bond donors (Lipinski definition) is 2. The molecule has 0 unspecified atom stereocenters. The molecule has 1 rings (SSSR count). The molecule has 0 fully saturated rings. The van der Waals surface area contributed by atoms with Gasteiger partial charge >= 0.3 is 5.97 Å². The number of carbonyl (C=O) groups is 1. The van der Waals surface area contributed by atoms with Crippen molar-refractivity contribution in [3.05, 3.63) is 22.1 Å². The average Bonchev–Trinajstić information content (AvgIpc) is 2.22. The summed E-state index contributed by atoms with van der Waals surface area (Å²) < 4.78 is 4.45. The molecule has 0 bridgehead atoms. The van der Waals surface area contributed by atoms with E-state index in [-0.39, 0.29) is 12.0 Å². The minimum atomic E-state index is -0.460. The third kappa shape index (κ3) is 3.08. The molecule has 0 amide bonds. The van der Waals surface area contributed by atoms with Crippen molar-refractivity contribution in [3.8, 4) is 0 Å². The van der Waals surface area contributed by atoms with Crippen molar-refractivity contribution in [3.63, 3.8) is 0 Å². The summed E-state index contributed by atoms with van der Waals surface area (Å²) in [5.74, 6) is -0.0605. The van der Waals surface area contributed by atoms with Crippen molar-refractivity contribution < 1.29 is 9.53 Å². The highest BCUT2D eigenvalue weighted by Crippen LogP contribution is 1.96. The Morgan fingerprint density at radius 1 is 1.67 bits per heavy atom. The fourth-order valence-electron chi connectivity index (χ4n) is 1.03. The van der Waals surface area contributed by atoms with Gasteiger partial charge in [-0.15, -0.1) is 0 Å². The van der Waals surface area contributed by atoms with Crippen LogP contribution >= 0.6 is 0 Å². The molecule has 0 radical (unpaired) electrons. The molecule has 0 aromatic carbocycles. The highest BCUT2D eigenvalue weighted by atomic mass is 16.5. The van der Waals surface area contributed by atoms with Gasteiger partial charge in [0.2, 0.25) is 5.95 Å². The van der Waals surface area contributed by atoms with Crippen LogP contribution < -0.4 is 10.9 Å². The van der Waals surface area contributed by atoms with E-state index in [2.05, 4.69) is 20.0 Å². The smallest absolute Gasteiger partial charge is 0.310 e. The number of rotatable bonds is 4. The van der Waals surface area contributed by atoms with Crippen LogP contribution in [0.2, 0.25) is 0 Å². The van der Waals surface area contributed by atoms with Gasteiger partial charge in [0.15, 0.2) is 0 Å². The molecule has 1 heterocycles. The van der Waals surface area contributed by atoms with Crippen molar-refractivity contribution in [2.24, 2.45) is 0 Å². The summed E-state index contributed by atoms with van der Waals surface area (Å²) in [6.45, 7) is 2.56. The Balaban J connectivity index is 2.84. The van der Waals surface area contributed by atoms with E-state index in [1.807, 2.05) is 6.92 Å². The Bertz CT molecular complexity index is 400. The topological polar surface area (TPSA) is 84.1 Å². The number of anilines is 1. The molecule has 0 saturated carbocycles. The molecule has 0 aliphatic carbocycles. The summed E-state index contributed by atoms with van der Waals surface area (Å²) in [5.41, 5.74) is -0.0325.